The van der Waals surface area contributed by atoms with E-state index in [4.69, 9.17) is 4.74 Å². The number of nitrogens with one attached hydrogen (secondary N) is 2. The minimum absolute atomic E-state index is 0.145. The summed E-state index contributed by atoms with van der Waals surface area (Å²) in [5, 5.41) is 10.4. The number of hydrogen-bond donors (Lipinski definition) is 3. The second-order valence-corrected chi connectivity index (χ2v) is 9.11. The summed E-state index contributed by atoms with van der Waals surface area (Å²) in [6.07, 6.45) is -0.423. The van der Waals surface area contributed by atoms with Crippen LogP contribution in [0.3, 0.4) is 0 Å². The monoisotopic (exact) mass is 384 g/mol. The number of benzene rings is 2. The second-order valence-electron chi connectivity index (χ2n) is 9.11. The summed E-state index contributed by atoms with van der Waals surface area (Å²) in [5.74, 6) is 0.833. The standard InChI is InChI=1S/C24H34N2O2/c1-24(2,3)21-9-11-23(12-10-21)28-19-22(27)18-26-15-13-25(14-16-26)17-20-7-5-4-6-8-20/h4-12,22,27H,13-19H2,1-3H3/p+2. The van der Waals surface area contributed by atoms with Crippen LogP contribution in [0.5, 0.6) is 5.75 Å². The van der Waals surface area contributed by atoms with Gasteiger partial charge < -0.3 is 19.6 Å². The first-order chi connectivity index (χ1) is 13.4. The molecule has 4 nitrogen and oxygen atoms in total. The topological polar surface area (TPSA) is 38.3 Å². The van der Waals surface area contributed by atoms with E-state index in [1.165, 1.54) is 16.0 Å². The smallest absolute Gasteiger partial charge is 0.137 e. The fraction of sp³-hybridized carbons (Fsp3) is 0.500. The SMILES string of the molecule is CC(C)(C)c1ccc(OCC(O)C[NH+]2CC[NH+](Cc3ccccc3)CC2)cc1. The summed E-state index contributed by atoms with van der Waals surface area (Å²) in [6, 6.07) is 19.0. The fourth-order valence-corrected chi connectivity index (χ4v) is 3.86. The highest BCUT2D eigenvalue weighted by Crippen LogP contribution is 2.24. The van der Waals surface area contributed by atoms with Crippen LogP contribution in [0.1, 0.15) is 31.9 Å². The van der Waals surface area contributed by atoms with Gasteiger partial charge in [0.1, 0.15) is 57.7 Å². The molecule has 2 aromatic rings. The van der Waals surface area contributed by atoms with E-state index < -0.39 is 6.10 Å². The van der Waals surface area contributed by atoms with E-state index >= 15 is 0 Å². The maximum Gasteiger partial charge on any atom is 0.137 e. The number of ether oxygens (including phenoxy) is 1. The van der Waals surface area contributed by atoms with Gasteiger partial charge in [0.2, 0.25) is 0 Å². The van der Waals surface area contributed by atoms with Crippen molar-refractivity contribution < 1.29 is 19.6 Å². The highest BCUT2D eigenvalue weighted by molar-refractivity contribution is 5.31. The van der Waals surface area contributed by atoms with E-state index in [-0.39, 0.29) is 5.41 Å². The quantitative estimate of drug-likeness (QED) is 0.658. The van der Waals surface area contributed by atoms with Crippen LogP contribution < -0.4 is 14.5 Å². The van der Waals surface area contributed by atoms with E-state index in [1.807, 2.05) is 12.1 Å². The lowest BCUT2D eigenvalue weighted by atomic mass is 9.87. The molecule has 1 aliphatic rings. The van der Waals surface area contributed by atoms with Crippen molar-refractivity contribution in [1.29, 1.82) is 0 Å². The van der Waals surface area contributed by atoms with Crippen LogP contribution in [-0.2, 0) is 12.0 Å². The van der Waals surface area contributed by atoms with Crippen molar-refractivity contribution in [2.24, 2.45) is 0 Å². The summed E-state index contributed by atoms with van der Waals surface area (Å²) in [6.45, 7) is 13.4. The zero-order valence-electron chi connectivity index (χ0n) is 17.6. The molecule has 0 saturated carbocycles. The van der Waals surface area contributed by atoms with Gasteiger partial charge in [-0.1, -0.05) is 63.2 Å². The van der Waals surface area contributed by atoms with Crippen molar-refractivity contribution >= 4 is 0 Å². The van der Waals surface area contributed by atoms with Crippen molar-refractivity contribution in [3.8, 4) is 5.75 Å². The first-order valence-electron chi connectivity index (χ1n) is 10.5. The summed E-state index contributed by atoms with van der Waals surface area (Å²) >= 11 is 0. The molecule has 1 atom stereocenters. The summed E-state index contributed by atoms with van der Waals surface area (Å²) in [7, 11) is 0. The van der Waals surface area contributed by atoms with Gasteiger partial charge in [0, 0.05) is 5.56 Å². The molecule has 152 valence electrons. The average molecular weight is 385 g/mol. The Morgan fingerprint density at radius 2 is 1.50 bits per heavy atom. The number of quaternary nitrogens is 2. The van der Waals surface area contributed by atoms with Gasteiger partial charge in [0.05, 0.1) is 0 Å². The highest BCUT2D eigenvalue weighted by atomic mass is 16.5. The lowest BCUT2D eigenvalue weighted by molar-refractivity contribution is -1.02. The maximum absolute atomic E-state index is 10.4. The van der Waals surface area contributed by atoms with Gasteiger partial charge in [-0.3, -0.25) is 0 Å². The zero-order valence-corrected chi connectivity index (χ0v) is 17.6. The van der Waals surface area contributed by atoms with E-state index in [0.29, 0.717) is 6.61 Å². The predicted molar refractivity (Wildman–Crippen MR) is 113 cm³/mol. The van der Waals surface area contributed by atoms with Gasteiger partial charge in [-0.2, -0.15) is 0 Å². The Hall–Kier alpha value is -1.88. The van der Waals surface area contributed by atoms with Gasteiger partial charge >= 0.3 is 0 Å². The molecule has 3 rings (SSSR count). The number of aliphatic hydroxyl groups excluding tert-OH is 1. The summed E-state index contributed by atoms with van der Waals surface area (Å²) in [4.78, 5) is 3.12. The molecule has 3 N–H and O–H groups in total. The summed E-state index contributed by atoms with van der Waals surface area (Å²) < 4.78 is 5.81. The van der Waals surface area contributed by atoms with Crippen LogP contribution in [0.15, 0.2) is 54.6 Å². The van der Waals surface area contributed by atoms with E-state index in [2.05, 4.69) is 63.2 Å². The Bertz CT molecular complexity index is 702. The Balaban J connectivity index is 1.37. The molecular weight excluding hydrogens is 348 g/mol. The van der Waals surface area contributed by atoms with Gasteiger partial charge in [0.25, 0.3) is 0 Å². The van der Waals surface area contributed by atoms with Crippen molar-refractivity contribution in [3.63, 3.8) is 0 Å². The van der Waals surface area contributed by atoms with E-state index in [1.54, 1.807) is 4.90 Å². The Kier molecular flexibility index (Phi) is 7.11. The van der Waals surface area contributed by atoms with Gasteiger partial charge in [0.15, 0.2) is 0 Å². The highest BCUT2D eigenvalue weighted by Gasteiger charge is 2.25. The molecule has 1 unspecified atom stereocenters. The molecule has 0 amide bonds. The van der Waals surface area contributed by atoms with E-state index in [0.717, 1.165) is 45.0 Å². The number of piperazine rings is 1. The van der Waals surface area contributed by atoms with Crippen molar-refractivity contribution in [2.75, 3.05) is 39.3 Å². The molecule has 28 heavy (non-hydrogen) atoms. The Labute approximate surface area is 169 Å². The zero-order chi connectivity index (χ0) is 20.0. The van der Waals surface area contributed by atoms with Crippen LogP contribution >= 0.6 is 0 Å². The van der Waals surface area contributed by atoms with Crippen LogP contribution in [0.4, 0.5) is 0 Å². The minimum atomic E-state index is -0.423. The molecule has 0 radical (unpaired) electrons. The normalized spacial score (nSPS) is 21.3. The Morgan fingerprint density at radius 1 is 0.893 bits per heavy atom. The van der Waals surface area contributed by atoms with Crippen molar-refractivity contribution in [2.45, 2.75) is 38.8 Å². The number of rotatable bonds is 7. The third-order valence-electron chi connectivity index (χ3n) is 5.65. The van der Waals surface area contributed by atoms with Gasteiger partial charge in [-0.05, 0) is 23.1 Å². The molecule has 4 heteroatoms. The molecule has 2 aromatic carbocycles. The lowest BCUT2D eigenvalue weighted by Gasteiger charge is -2.30. The molecule has 0 aromatic heterocycles. The molecule has 0 bridgehead atoms. The largest absolute Gasteiger partial charge is 0.491 e. The lowest BCUT2D eigenvalue weighted by Crippen LogP contribution is -3.28. The third kappa shape index (κ3) is 6.33. The molecule has 0 aliphatic carbocycles. The van der Waals surface area contributed by atoms with Crippen LogP contribution in [0.25, 0.3) is 0 Å². The molecule has 1 fully saturated rings. The molecule has 1 heterocycles. The molecule has 1 saturated heterocycles. The van der Waals surface area contributed by atoms with E-state index in [9.17, 15) is 5.11 Å². The van der Waals surface area contributed by atoms with Crippen molar-refractivity contribution in [3.05, 3.63) is 65.7 Å². The average Bonchev–Trinajstić information content (AvgIpc) is 2.68. The van der Waals surface area contributed by atoms with Crippen molar-refractivity contribution in [1.82, 2.24) is 0 Å². The second kappa shape index (κ2) is 9.55. The number of aliphatic hydroxyl groups is 1. The number of hydrogen-bond acceptors (Lipinski definition) is 2. The fourth-order valence-electron chi connectivity index (χ4n) is 3.86. The molecule has 0 spiro atoms. The van der Waals surface area contributed by atoms with Crippen LogP contribution in [-0.4, -0.2) is 50.5 Å². The first kappa shape index (κ1) is 20.8. The predicted octanol–water partition coefficient (Wildman–Crippen LogP) is 0.707. The van der Waals surface area contributed by atoms with Crippen LogP contribution in [0.2, 0.25) is 0 Å². The first-order valence-corrected chi connectivity index (χ1v) is 10.5. The van der Waals surface area contributed by atoms with Gasteiger partial charge in [-0.15, -0.1) is 0 Å². The van der Waals surface area contributed by atoms with Crippen LogP contribution in [0, 0.1) is 0 Å². The third-order valence-corrected chi connectivity index (χ3v) is 5.65. The molecule has 1 aliphatic heterocycles. The Morgan fingerprint density at radius 3 is 2.11 bits per heavy atom. The maximum atomic E-state index is 10.4. The summed E-state index contributed by atoms with van der Waals surface area (Å²) in [5.41, 5.74) is 2.85. The minimum Gasteiger partial charge on any atom is -0.491 e. The van der Waals surface area contributed by atoms with Gasteiger partial charge in [-0.25, -0.2) is 0 Å². The molecular formula is C24H36N2O2+2.